The molecular formula is C18H16FN3O. The largest absolute Gasteiger partial charge is 0.379 e. The molecule has 1 aromatic carbocycles. The molecule has 0 aliphatic rings. The molecule has 4 nitrogen and oxygen atoms in total. The Hall–Kier alpha value is -2.79. The molecule has 3 rings (SSSR count). The lowest BCUT2D eigenvalue weighted by atomic mass is 9.93. The highest BCUT2D eigenvalue weighted by atomic mass is 19.1. The predicted octanol–water partition coefficient (Wildman–Crippen LogP) is 3.02. The van der Waals surface area contributed by atoms with Gasteiger partial charge in [0.25, 0.3) is 0 Å². The van der Waals surface area contributed by atoms with Gasteiger partial charge >= 0.3 is 0 Å². The van der Waals surface area contributed by atoms with Gasteiger partial charge in [0, 0.05) is 30.4 Å². The van der Waals surface area contributed by atoms with Gasteiger partial charge in [-0.05, 0) is 29.8 Å². The minimum atomic E-state index is -1.25. The number of rotatable bonds is 5. The lowest BCUT2D eigenvalue weighted by molar-refractivity contribution is 0.0701. The zero-order chi connectivity index (χ0) is 16.1. The maximum Gasteiger partial charge on any atom is 0.127 e. The molecule has 1 unspecified atom stereocenters. The standard InChI is InChI=1S/C18H16FN3O/c19-17-5-3-15(4-6-17)7-8-18(23,13-22-11-10-21-14-22)16-2-1-9-20-12-16/h1-12,14,23H,13H2/b8-7+. The lowest BCUT2D eigenvalue weighted by Crippen LogP contribution is -2.28. The predicted molar refractivity (Wildman–Crippen MR) is 85.8 cm³/mol. The summed E-state index contributed by atoms with van der Waals surface area (Å²) in [4.78, 5) is 8.08. The van der Waals surface area contributed by atoms with Crippen LogP contribution in [0.2, 0.25) is 0 Å². The third-order valence-corrected chi connectivity index (χ3v) is 3.57. The fraction of sp³-hybridized carbons (Fsp3) is 0.111. The molecule has 0 saturated carbocycles. The fourth-order valence-electron chi connectivity index (χ4n) is 2.33. The first-order valence-corrected chi connectivity index (χ1v) is 7.19. The Kier molecular flexibility index (Phi) is 4.30. The van der Waals surface area contributed by atoms with Crippen molar-refractivity contribution in [3.05, 3.63) is 90.5 Å². The number of halogens is 1. The number of hydrogen-bond acceptors (Lipinski definition) is 3. The van der Waals surface area contributed by atoms with E-state index in [4.69, 9.17) is 0 Å². The van der Waals surface area contributed by atoms with Crippen molar-refractivity contribution >= 4 is 6.08 Å². The molecule has 0 bridgehead atoms. The molecule has 23 heavy (non-hydrogen) atoms. The van der Waals surface area contributed by atoms with Crippen molar-refractivity contribution in [1.29, 1.82) is 0 Å². The summed E-state index contributed by atoms with van der Waals surface area (Å²) < 4.78 is 14.8. The summed E-state index contributed by atoms with van der Waals surface area (Å²) in [6.07, 6.45) is 11.8. The topological polar surface area (TPSA) is 50.9 Å². The molecule has 2 aromatic heterocycles. The number of imidazole rings is 1. The number of pyridine rings is 1. The zero-order valence-electron chi connectivity index (χ0n) is 12.4. The molecule has 5 heteroatoms. The summed E-state index contributed by atoms with van der Waals surface area (Å²) >= 11 is 0. The van der Waals surface area contributed by atoms with Crippen LogP contribution in [0.1, 0.15) is 11.1 Å². The molecule has 0 radical (unpaired) electrons. The number of aliphatic hydroxyl groups is 1. The van der Waals surface area contributed by atoms with Gasteiger partial charge in [0.05, 0.1) is 12.9 Å². The second-order valence-corrected chi connectivity index (χ2v) is 5.29. The van der Waals surface area contributed by atoms with Crippen molar-refractivity contribution in [2.45, 2.75) is 12.1 Å². The van der Waals surface area contributed by atoms with Crippen LogP contribution in [-0.4, -0.2) is 19.6 Å². The van der Waals surface area contributed by atoms with Gasteiger partial charge in [0.1, 0.15) is 11.4 Å². The molecular weight excluding hydrogens is 293 g/mol. The van der Waals surface area contributed by atoms with Crippen LogP contribution < -0.4 is 0 Å². The smallest absolute Gasteiger partial charge is 0.127 e. The zero-order valence-corrected chi connectivity index (χ0v) is 12.4. The van der Waals surface area contributed by atoms with Gasteiger partial charge in [-0.15, -0.1) is 0 Å². The molecule has 3 aromatic rings. The highest BCUT2D eigenvalue weighted by Gasteiger charge is 2.27. The first-order chi connectivity index (χ1) is 11.2. The first kappa shape index (κ1) is 15.1. The molecule has 0 aliphatic heterocycles. The Balaban J connectivity index is 1.93. The van der Waals surface area contributed by atoms with E-state index in [1.54, 1.807) is 66.0 Å². The van der Waals surface area contributed by atoms with Crippen LogP contribution >= 0.6 is 0 Å². The molecule has 0 spiro atoms. The van der Waals surface area contributed by atoms with E-state index in [9.17, 15) is 9.50 Å². The number of nitrogens with zero attached hydrogens (tertiary/aromatic N) is 3. The monoisotopic (exact) mass is 309 g/mol. The maximum absolute atomic E-state index is 13.0. The number of aromatic nitrogens is 3. The van der Waals surface area contributed by atoms with Gasteiger partial charge in [-0.3, -0.25) is 4.98 Å². The Morgan fingerprint density at radius 3 is 2.61 bits per heavy atom. The summed E-state index contributed by atoms with van der Waals surface area (Å²) in [6, 6.07) is 9.69. The van der Waals surface area contributed by atoms with Crippen molar-refractivity contribution in [1.82, 2.24) is 14.5 Å². The van der Waals surface area contributed by atoms with Gasteiger partial charge < -0.3 is 9.67 Å². The van der Waals surface area contributed by atoms with Crippen LogP contribution in [0.5, 0.6) is 0 Å². The van der Waals surface area contributed by atoms with Crippen molar-refractivity contribution in [3.63, 3.8) is 0 Å². The van der Waals surface area contributed by atoms with Crippen molar-refractivity contribution in [3.8, 4) is 0 Å². The lowest BCUT2D eigenvalue weighted by Gasteiger charge is -2.25. The van der Waals surface area contributed by atoms with Crippen LogP contribution in [0.3, 0.4) is 0 Å². The number of benzene rings is 1. The third kappa shape index (κ3) is 3.70. The van der Waals surface area contributed by atoms with E-state index >= 15 is 0 Å². The van der Waals surface area contributed by atoms with Crippen molar-refractivity contribution in [2.75, 3.05) is 0 Å². The average molecular weight is 309 g/mol. The van der Waals surface area contributed by atoms with Crippen LogP contribution in [0, 0.1) is 5.82 Å². The SMILES string of the molecule is OC(/C=C/c1ccc(F)cc1)(Cn1ccnc1)c1cccnc1. The van der Waals surface area contributed by atoms with Gasteiger partial charge in [0.15, 0.2) is 0 Å². The number of hydrogen-bond donors (Lipinski definition) is 1. The van der Waals surface area contributed by atoms with E-state index in [1.807, 2.05) is 6.07 Å². The Morgan fingerprint density at radius 2 is 1.96 bits per heavy atom. The Labute approximate surface area is 133 Å². The summed E-state index contributed by atoms with van der Waals surface area (Å²) in [6.45, 7) is 0.302. The van der Waals surface area contributed by atoms with Crippen LogP contribution in [0.4, 0.5) is 4.39 Å². The highest BCUT2D eigenvalue weighted by Crippen LogP contribution is 2.25. The minimum Gasteiger partial charge on any atom is -0.379 e. The molecule has 2 heterocycles. The van der Waals surface area contributed by atoms with Crippen LogP contribution in [0.25, 0.3) is 6.08 Å². The first-order valence-electron chi connectivity index (χ1n) is 7.19. The summed E-state index contributed by atoms with van der Waals surface area (Å²) in [5, 5.41) is 11.1. The van der Waals surface area contributed by atoms with E-state index in [2.05, 4.69) is 9.97 Å². The van der Waals surface area contributed by atoms with E-state index in [1.165, 1.54) is 12.1 Å². The molecule has 1 N–H and O–H groups in total. The maximum atomic E-state index is 13.0. The molecule has 0 amide bonds. The summed E-state index contributed by atoms with van der Waals surface area (Å²) in [5.41, 5.74) is 0.231. The van der Waals surface area contributed by atoms with Gasteiger partial charge in [-0.25, -0.2) is 9.37 Å². The van der Waals surface area contributed by atoms with Crippen LogP contribution in [-0.2, 0) is 12.1 Å². The normalized spacial score (nSPS) is 14.0. The quantitative estimate of drug-likeness (QED) is 0.788. The second-order valence-electron chi connectivity index (χ2n) is 5.29. The van der Waals surface area contributed by atoms with Gasteiger partial charge in [-0.2, -0.15) is 0 Å². The average Bonchev–Trinajstić information content (AvgIpc) is 3.08. The molecule has 116 valence electrons. The van der Waals surface area contributed by atoms with E-state index in [-0.39, 0.29) is 5.82 Å². The van der Waals surface area contributed by atoms with Gasteiger partial charge in [-0.1, -0.05) is 24.3 Å². The van der Waals surface area contributed by atoms with Crippen LogP contribution in [0.15, 0.2) is 73.6 Å². The highest BCUT2D eigenvalue weighted by molar-refractivity contribution is 5.51. The summed E-state index contributed by atoms with van der Waals surface area (Å²) in [7, 11) is 0. The molecule has 1 atom stereocenters. The third-order valence-electron chi connectivity index (χ3n) is 3.57. The van der Waals surface area contributed by atoms with E-state index in [0.29, 0.717) is 12.1 Å². The molecule has 0 saturated heterocycles. The van der Waals surface area contributed by atoms with Crippen molar-refractivity contribution < 1.29 is 9.50 Å². The molecule has 0 fully saturated rings. The van der Waals surface area contributed by atoms with E-state index in [0.717, 1.165) is 5.56 Å². The minimum absolute atomic E-state index is 0.289. The Morgan fingerprint density at radius 1 is 1.13 bits per heavy atom. The van der Waals surface area contributed by atoms with Crippen molar-refractivity contribution in [2.24, 2.45) is 0 Å². The van der Waals surface area contributed by atoms with E-state index < -0.39 is 5.60 Å². The Bertz CT molecular complexity index is 770. The summed E-state index contributed by atoms with van der Waals surface area (Å²) in [5.74, 6) is -0.289. The molecule has 0 aliphatic carbocycles. The van der Waals surface area contributed by atoms with Gasteiger partial charge in [0.2, 0.25) is 0 Å². The fourth-order valence-corrected chi connectivity index (χ4v) is 2.33. The second kappa shape index (κ2) is 6.54.